The molecule has 244 valence electrons. The number of benzene rings is 1. The number of anilines is 1. The normalized spacial score (nSPS) is 30.7. The molecular weight excluding hydrogens is 744 g/mol. The number of halogens is 7. The van der Waals surface area contributed by atoms with Crippen LogP contribution >= 0.6 is 50.7 Å². The van der Waals surface area contributed by atoms with E-state index < -0.39 is 74.7 Å². The summed E-state index contributed by atoms with van der Waals surface area (Å²) in [6.45, 7) is 0. The van der Waals surface area contributed by atoms with Crippen molar-refractivity contribution in [2.75, 3.05) is 26.2 Å². The summed E-state index contributed by atoms with van der Waals surface area (Å²) in [4.78, 5) is 55.5. The van der Waals surface area contributed by atoms with Crippen LogP contribution in [-0.2, 0) is 25.4 Å². The summed E-state index contributed by atoms with van der Waals surface area (Å²) >= 11 is 23.8. The Hall–Kier alpha value is -3.07. The molecule has 4 aliphatic rings. The second-order valence-electron chi connectivity index (χ2n) is 11.6. The van der Waals surface area contributed by atoms with Gasteiger partial charge in [-0.25, -0.2) is 4.98 Å². The van der Waals surface area contributed by atoms with E-state index in [1.54, 1.807) is 6.08 Å². The van der Waals surface area contributed by atoms with Crippen LogP contribution in [0.3, 0.4) is 0 Å². The first-order chi connectivity index (χ1) is 21.4. The number of hydrazine groups is 1. The van der Waals surface area contributed by atoms with Gasteiger partial charge in [-0.05, 0) is 43.0 Å². The molecule has 4 amide bonds. The number of likely N-dealkylation sites (tertiary alicyclic amines) is 1. The molecule has 2 aliphatic carbocycles. The number of aromatic hydroxyl groups is 1. The summed E-state index contributed by atoms with van der Waals surface area (Å²) in [5.74, 6) is -8.42. The summed E-state index contributed by atoms with van der Waals surface area (Å²) in [6.07, 6.45) is -3.55. The van der Waals surface area contributed by atoms with Gasteiger partial charge >= 0.3 is 6.18 Å². The van der Waals surface area contributed by atoms with Gasteiger partial charge in [-0.2, -0.15) is 18.2 Å². The quantitative estimate of drug-likeness (QED) is 0.254. The number of phenols is 1. The number of methoxy groups -OCH3 is 1. The van der Waals surface area contributed by atoms with Gasteiger partial charge in [-0.1, -0.05) is 39.2 Å². The van der Waals surface area contributed by atoms with E-state index in [0.717, 1.165) is 16.0 Å². The minimum Gasteiger partial charge on any atom is -0.504 e. The summed E-state index contributed by atoms with van der Waals surface area (Å²) in [5, 5.41) is 12.6. The van der Waals surface area contributed by atoms with E-state index in [1.165, 1.54) is 33.3 Å². The van der Waals surface area contributed by atoms with Gasteiger partial charge in [-0.15, -0.1) is 23.2 Å². The van der Waals surface area contributed by atoms with Crippen molar-refractivity contribution < 1.29 is 42.2 Å². The van der Waals surface area contributed by atoms with Crippen LogP contribution in [0.25, 0.3) is 0 Å². The van der Waals surface area contributed by atoms with E-state index in [9.17, 15) is 37.5 Å². The van der Waals surface area contributed by atoms with Crippen molar-refractivity contribution in [3.63, 3.8) is 0 Å². The summed E-state index contributed by atoms with van der Waals surface area (Å²) in [5.41, 5.74) is -0.808. The number of allylic oxidation sites excluding steroid dienone is 2. The molecule has 6 unspecified atom stereocenters. The Morgan fingerprint density at radius 2 is 1.78 bits per heavy atom. The van der Waals surface area contributed by atoms with Crippen LogP contribution in [0.5, 0.6) is 11.5 Å². The highest BCUT2D eigenvalue weighted by Gasteiger charge is 2.76. The zero-order chi connectivity index (χ0) is 33.8. The molecular formula is C29H23BrCl3F3N4O6. The van der Waals surface area contributed by atoms with Crippen LogP contribution in [0.4, 0.5) is 19.0 Å². The minimum atomic E-state index is -4.83. The Balaban J connectivity index is 1.49. The first-order valence-electron chi connectivity index (χ1n) is 13.7. The summed E-state index contributed by atoms with van der Waals surface area (Å²) in [6, 6.07) is 4.61. The largest absolute Gasteiger partial charge is 0.504 e. The maximum atomic E-state index is 14.2. The molecule has 1 N–H and O–H groups in total. The van der Waals surface area contributed by atoms with E-state index in [-0.39, 0.29) is 34.9 Å². The number of carbonyl (C=O) groups excluding carboxylic acids is 4. The number of nitrogens with zero attached hydrogens (tertiary/aromatic N) is 4. The van der Waals surface area contributed by atoms with Crippen LogP contribution in [0.2, 0.25) is 5.02 Å². The van der Waals surface area contributed by atoms with E-state index >= 15 is 0 Å². The molecule has 6 atom stereocenters. The van der Waals surface area contributed by atoms with Crippen molar-refractivity contribution in [1.82, 2.24) is 14.9 Å². The maximum absolute atomic E-state index is 14.2. The molecule has 10 nitrogen and oxygen atoms in total. The zero-order valence-corrected chi connectivity index (χ0v) is 27.9. The number of imide groups is 2. The molecule has 0 spiro atoms. The number of hydrogen-bond acceptors (Lipinski definition) is 8. The van der Waals surface area contributed by atoms with E-state index in [2.05, 4.69) is 20.9 Å². The van der Waals surface area contributed by atoms with Crippen molar-refractivity contribution in [2.24, 2.45) is 17.8 Å². The molecule has 3 heterocycles. The Morgan fingerprint density at radius 3 is 2.41 bits per heavy atom. The van der Waals surface area contributed by atoms with Crippen molar-refractivity contribution in [2.45, 2.75) is 34.7 Å². The molecule has 6 rings (SSSR count). The number of rotatable bonds is 4. The molecule has 2 aromatic rings. The predicted molar refractivity (Wildman–Crippen MR) is 162 cm³/mol. The molecule has 1 aromatic heterocycles. The highest BCUT2D eigenvalue weighted by Crippen LogP contribution is 2.66. The highest BCUT2D eigenvalue weighted by molar-refractivity contribution is 9.10. The predicted octanol–water partition coefficient (Wildman–Crippen LogP) is 5.27. The lowest BCUT2D eigenvalue weighted by Crippen LogP contribution is -2.60. The van der Waals surface area contributed by atoms with Crippen molar-refractivity contribution >= 4 is 80.2 Å². The fourth-order valence-electron chi connectivity index (χ4n) is 7.25. The Labute approximate surface area is 283 Å². The van der Waals surface area contributed by atoms with Crippen LogP contribution in [0.15, 0.2) is 40.4 Å². The van der Waals surface area contributed by atoms with Gasteiger partial charge in [0.15, 0.2) is 27.1 Å². The molecule has 46 heavy (non-hydrogen) atoms. The van der Waals surface area contributed by atoms with Gasteiger partial charge < -0.3 is 9.84 Å². The lowest BCUT2D eigenvalue weighted by molar-refractivity contribution is -0.141. The van der Waals surface area contributed by atoms with Crippen LogP contribution in [0, 0.1) is 17.8 Å². The maximum Gasteiger partial charge on any atom is 0.433 e. The van der Waals surface area contributed by atoms with Gasteiger partial charge in [0.25, 0.3) is 23.6 Å². The van der Waals surface area contributed by atoms with Gasteiger partial charge in [0.1, 0.15) is 5.69 Å². The molecule has 1 saturated carbocycles. The van der Waals surface area contributed by atoms with Crippen molar-refractivity contribution in [3.05, 3.63) is 56.7 Å². The molecule has 2 aliphatic heterocycles. The Bertz CT molecular complexity index is 1780. The lowest BCUT2D eigenvalue weighted by atomic mass is 9.56. The lowest BCUT2D eigenvalue weighted by Gasteiger charge is -2.50. The van der Waals surface area contributed by atoms with Crippen molar-refractivity contribution in [1.29, 1.82) is 0 Å². The van der Waals surface area contributed by atoms with E-state index in [1.807, 2.05) is 0 Å². The molecule has 17 heteroatoms. The third-order valence-corrected chi connectivity index (χ3v) is 11.5. The zero-order valence-electron chi connectivity index (χ0n) is 24.0. The van der Waals surface area contributed by atoms with Gasteiger partial charge in [0.05, 0.1) is 24.0 Å². The van der Waals surface area contributed by atoms with Crippen molar-refractivity contribution in [3.8, 4) is 11.5 Å². The Morgan fingerprint density at radius 1 is 1.11 bits per heavy atom. The number of pyridine rings is 1. The van der Waals surface area contributed by atoms with Crippen LogP contribution in [-0.4, -0.2) is 74.6 Å². The van der Waals surface area contributed by atoms with Gasteiger partial charge in [-0.3, -0.25) is 29.1 Å². The second kappa shape index (κ2) is 10.7. The number of carbonyl (C=O) groups is 4. The molecule has 2 saturated heterocycles. The third kappa shape index (κ3) is 4.32. The third-order valence-electron chi connectivity index (χ3n) is 9.32. The average Bonchev–Trinajstić information content (AvgIpc) is 3.32. The molecule has 3 fully saturated rings. The molecule has 1 aromatic carbocycles. The van der Waals surface area contributed by atoms with Gasteiger partial charge in [0, 0.05) is 30.0 Å². The highest BCUT2D eigenvalue weighted by atomic mass is 79.9. The average molecular weight is 767 g/mol. The smallest absolute Gasteiger partial charge is 0.433 e. The minimum absolute atomic E-state index is 0.0248. The second-order valence-corrected chi connectivity index (χ2v) is 14.1. The topological polar surface area (TPSA) is 120 Å². The number of hydrogen-bond donors (Lipinski definition) is 1. The first kappa shape index (κ1) is 32.9. The SMILES string of the molecule is COc1cc(Br)cc(C2C3=CCC4C(=O)N(N(C)c5nc(C(F)(F)F)ccc5Cl)C(=O)C4C3CC3(Cl)C(=O)N(C)C(=O)C23Cl)c1O. The first-order valence-corrected chi connectivity index (χ1v) is 15.6. The number of amides is 4. The number of fused-ring (bicyclic) bond motifs is 4. The number of aromatic nitrogens is 1. The van der Waals surface area contributed by atoms with E-state index in [0.29, 0.717) is 21.1 Å². The number of alkyl halides is 5. The fourth-order valence-corrected chi connectivity index (χ4v) is 8.94. The van der Waals surface area contributed by atoms with E-state index in [4.69, 9.17) is 39.5 Å². The standard InChI is InChI=1S/C29H23BrCl3F3N4O6/c1-38-25(44)27(32)10-15-12(20(28(27,33)26(38)45)14-8-11(30)9-17(46-3)21(14)41)4-5-13-19(15)24(43)40(23(13)42)39(2)22-16(31)6-7-18(37-22)29(34,35)36/h4,6-9,13,15,19-20,41H,5,10H2,1-3H3. The molecule has 0 radical (unpaired) electrons. The van der Waals surface area contributed by atoms with Crippen LogP contribution < -0.4 is 9.75 Å². The van der Waals surface area contributed by atoms with Gasteiger partial charge in [0.2, 0.25) is 0 Å². The Kier molecular flexibility index (Phi) is 7.66. The monoisotopic (exact) mass is 764 g/mol. The summed E-state index contributed by atoms with van der Waals surface area (Å²) < 4.78 is 46.2. The fraction of sp³-hybridized carbons (Fsp3) is 0.414. The number of ether oxygens (including phenoxy) is 1. The summed E-state index contributed by atoms with van der Waals surface area (Å²) in [7, 11) is 3.73. The molecule has 0 bridgehead atoms. The number of phenolic OH excluding ortho intramolecular Hbond substituents is 1. The van der Waals surface area contributed by atoms with Crippen LogP contribution in [0.1, 0.15) is 30.0 Å².